The lowest BCUT2D eigenvalue weighted by atomic mass is 10.2. The van der Waals surface area contributed by atoms with E-state index in [1.54, 1.807) is 14.0 Å². The van der Waals surface area contributed by atoms with Crippen molar-refractivity contribution in [1.29, 1.82) is 0 Å². The number of piperazine rings is 1. The average Bonchev–Trinajstić information content (AvgIpc) is 3.19. The molecule has 1 aromatic rings. The van der Waals surface area contributed by atoms with E-state index in [2.05, 4.69) is 15.8 Å². The van der Waals surface area contributed by atoms with E-state index in [1.807, 2.05) is 24.3 Å². The van der Waals surface area contributed by atoms with Gasteiger partial charge in [0.1, 0.15) is 17.2 Å². The van der Waals surface area contributed by atoms with Crippen LogP contribution >= 0.6 is 0 Å². The minimum Gasteiger partial charge on any atom is -0.497 e. The van der Waals surface area contributed by atoms with Gasteiger partial charge in [-0.3, -0.25) is 4.79 Å². The van der Waals surface area contributed by atoms with Crippen LogP contribution in [0.3, 0.4) is 0 Å². The Labute approximate surface area is 159 Å². The number of carbonyl (C=O) groups excluding carboxylic acids is 1. The van der Waals surface area contributed by atoms with E-state index in [0.29, 0.717) is 26.2 Å². The number of hydrogen-bond acceptors (Lipinski definition) is 8. The number of anilines is 1. The van der Waals surface area contributed by atoms with Crippen molar-refractivity contribution in [3.05, 3.63) is 24.3 Å². The van der Waals surface area contributed by atoms with Gasteiger partial charge in [-0.05, 0) is 19.1 Å². The average molecular weight is 398 g/mol. The predicted octanol–water partition coefficient (Wildman–Crippen LogP) is -0.0973. The zero-order valence-corrected chi connectivity index (χ0v) is 16.4. The number of rotatable bonds is 6. The summed E-state index contributed by atoms with van der Waals surface area (Å²) in [4.78, 5) is 13.9. The number of nitrogens with zero attached hydrogens (tertiary/aromatic N) is 2. The molecule has 0 aromatic heterocycles. The Hall–Kier alpha value is -1.88. The molecule has 2 atom stereocenters. The molecule has 9 nitrogen and oxygen atoms in total. The molecule has 10 heteroatoms. The summed E-state index contributed by atoms with van der Waals surface area (Å²) in [5, 5.41) is -0.838. The van der Waals surface area contributed by atoms with E-state index in [9.17, 15) is 13.2 Å². The van der Waals surface area contributed by atoms with Crippen LogP contribution in [0.4, 0.5) is 5.69 Å². The Morgan fingerprint density at radius 2 is 1.96 bits per heavy atom. The van der Waals surface area contributed by atoms with E-state index in [1.165, 1.54) is 4.31 Å². The molecule has 2 heterocycles. The molecule has 2 aliphatic rings. The minimum absolute atomic E-state index is 0.150. The highest BCUT2D eigenvalue weighted by Crippen LogP contribution is 2.24. The summed E-state index contributed by atoms with van der Waals surface area (Å²) >= 11 is 0. The van der Waals surface area contributed by atoms with Gasteiger partial charge in [-0.1, -0.05) is 6.07 Å². The first-order valence-corrected chi connectivity index (χ1v) is 10.5. The summed E-state index contributed by atoms with van der Waals surface area (Å²) in [5.41, 5.74) is 6.47. The molecule has 0 radical (unpaired) electrons. The molecule has 0 saturated carbocycles. The Morgan fingerprint density at radius 3 is 2.63 bits per heavy atom. The van der Waals surface area contributed by atoms with Crippen LogP contribution in [0.1, 0.15) is 13.3 Å². The fourth-order valence-electron chi connectivity index (χ4n) is 3.31. The molecule has 0 aliphatic carbocycles. The fourth-order valence-corrected chi connectivity index (χ4v) is 4.99. The van der Waals surface area contributed by atoms with Crippen molar-refractivity contribution < 1.29 is 22.7 Å². The van der Waals surface area contributed by atoms with Crippen molar-refractivity contribution in [2.45, 2.75) is 24.8 Å². The molecule has 0 amide bonds. The maximum Gasteiger partial charge on any atom is 0.324 e. The molecular formula is C17H26N4O5S. The van der Waals surface area contributed by atoms with Gasteiger partial charge in [0.15, 0.2) is 0 Å². The number of methoxy groups -OCH3 is 1. The standard InChI is InChI=1S/C17H26N4O5S/c1-3-26-17(22)15-12-16(19-18-15)27(23,24)21-9-7-20(8-10-21)13-5-4-6-14(11-13)25-2/h4-6,11,15-16,18-19H,3,7-10,12H2,1-2H3. The first-order chi connectivity index (χ1) is 13.0. The predicted molar refractivity (Wildman–Crippen MR) is 101 cm³/mol. The number of ether oxygens (including phenoxy) is 2. The van der Waals surface area contributed by atoms with Crippen molar-refractivity contribution in [2.24, 2.45) is 0 Å². The van der Waals surface area contributed by atoms with Crippen molar-refractivity contribution in [3.63, 3.8) is 0 Å². The summed E-state index contributed by atoms with van der Waals surface area (Å²) in [6.45, 7) is 3.95. The quantitative estimate of drug-likeness (QED) is 0.641. The third-order valence-corrected chi connectivity index (χ3v) is 6.93. The Bertz CT molecular complexity index is 764. The van der Waals surface area contributed by atoms with Gasteiger partial charge in [0, 0.05) is 44.4 Å². The zero-order valence-electron chi connectivity index (χ0n) is 15.6. The Kier molecular flexibility index (Phi) is 6.20. The molecule has 2 N–H and O–H groups in total. The molecule has 0 spiro atoms. The summed E-state index contributed by atoms with van der Waals surface area (Å²) in [6.07, 6.45) is 0.150. The van der Waals surface area contributed by atoms with Gasteiger partial charge in [-0.25, -0.2) is 19.3 Å². The van der Waals surface area contributed by atoms with Crippen LogP contribution in [0.25, 0.3) is 0 Å². The molecule has 1 aromatic carbocycles. The SMILES string of the molecule is CCOC(=O)C1CC(S(=O)(=O)N2CCN(c3cccc(OC)c3)CC2)NN1. The van der Waals surface area contributed by atoms with Crippen LogP contribution in [-0.2, 0) is 19.6 Å². The monoisotopic (exact) mass is 398 g/mol. The van der Waals surface area contributed by atoms with Gasteiger partial charge in [0.2, 0.25) is 10.0 Å². The number of benzene rings is 1. The van der Waals surface area contributed by atoms with Crippen molar-refractivity contribution in [2.75, 3.05) is 44.8 Å². The first kappa shape index (κ1) is 19.9. The largest absolute Gasteiger partial charge is 0.497 e. The highest BCUT2D eigenvalue weighted by atomic mass is 32.2. The second-order valence-electron chi connectivity index (χ2n) is 6.45. The van der Waals surface area contributed by atoms with Gasteiger partial charge in [-0.2, -0.15) is 4.31 Å². The summed E-state index contributed by atoms with van der Waals surface area (Å²) in [6, 6.07) is 7.07. The zero-order chi connectivity index (χ0) is 19.4. The summed E-state index contributed by atoms with van der Waals surface area (Å²) in [5.74, 6) is 0.333. The van der Waals surface area contributed by atoms with Gasteiger partial charge in [-0.15, -0.1) is 0 Å². The van der Waals surface area contributed by atoms with Crippen LogP contribution in [0, 0.1) is 0 Å². The lowest BCUT2D eigenvalue weighted by Crippen LogP contribution is -2.53. The molecule has 27 heavy (non-hydrogen) atoms. The van der Waals surface area contributed by atoms with Crippen LogP contribution in [0.2, 0.25) is 0 Å². The van der Waals surface area contributed by atoms with Crippen LogP contribution in [0.15, 0.2) is 24.3 Å². The Morgan fingerprint density at radius 1 is 1.22 bits per heavy atom. The van der Waals surface area contributed by atoms with Crippen molar-refractivity contribution >= 4 is 21.7 Å². The van der Waals surface area contributed by atoms with E-state index < -0.39 is 27.4 Å². The second kappa shape index (κ2) is 8.42. The number of hydrogen-bond donors (Lipinski definition) is 2. The lowest BCUT2D eigenvalue weighted by molar-refractivity contribution is -0.145. The molecule has 2 saturated heterocycles. The molecular weight excluding hydrogens is 372 g/mol. The van der Waals surface area contributed by atoms with Gasteiger partial charge >= 0.3 is 5.97 Å². The van der Waals surface area contributed by atoms with E-state index in [4.69, 9.17) is 9.47 Å². The number of esters is 1. The highest BCUT2D eigenvalue weighted by Gasteiger charge is 2.41. The summed E-state index contributed by atoms with van der Waals surface area (Å²) < 4.78 is 37.5. The normalized spacial score (nSPS) is 24.0. The number of sulfonamides is 1. The smallest absolute Gasteiger partial charge is 0.324 e. The third kappa shape index (κ3) is 4.34. The first-order valence-electron chi connectivity index (χ1n) is 9.01. The topological polar surface area (TPSA) is 100 Å². The lowest BCUT2D eigenvalue weighted by Gasteiger charge is -2.36. The molecule has 2 fully saturated rings. The van der Waals surface area contributed by atoms with Crippen molar-refractivity contribution in [1.82, 2.24) is 15.2 Å². The van der Waals surface area contributed by atoms with Gasteiger partial charge in [0.05, 0.1) is 13.7 Å². The molecule has 2 aliphatic heterocycles. The van der Waals surface area contributed by atoms with Crippen molar-refractivity contribution in [3.8, 4) is 5.75 Å². The highest BCUT2D eigenvalue weighted by molar-refractivity contribution is 7.89. The van der Waals surface area contributed by atoms with Crippen LogP contribution < -0.4 is 20.5 Å². The van der Waals surface area contributed by atoms with Crippen LogP contribution in [-0.4, -0.2) is 70.0 Å². The van der Waals surface area contributed by atoms with Crippen LogP contribution in [0.5, 0.6) is 5.75 Å². The number of nitrogens with one attached hydrogen (secondary N) is 2. The fraction of sp³-hybridized carbons (Fsp3) is 0.588. The summed E-state index contributed by atoms with van der Waals surface area (Å²) in [7, 11) is -1.94. The maximum atomic E-state index is 12.9. The van der Waals surface area contributed by atoms with Gasteiger partial charge < -0.3 is 14.4 Å². The van der Waals surface area contributed by atoms with Gasteiger partial charge in [0.25, 0.3) is 0 Å². The van der Waals surface area contributed by atoms with E-state index >= 15 is 0 Å². The molecule has 3 rings (SSSR count). The third-order valence-electron chi connectivity index (χ3n) is 4.82. The van der Waals surface area contributed by atoms with E-state index in [-0.39, 0.29) is 13.0 Å². The number of hydrazine groups is 1. The molecule has 150 valence electrons. The minimum atomic E-state index is -3.56. The maximum absolute atomic E-state index is 12.9. The molecule has 0 bridgehead atoms. The number of carbonyl (C=O) groups is 1. The second-order valence-corrected chi connectivity index (χ2v) is 8.57. The Balaban J connectivity index is 1.59. The van der Waals surface area contributed by atoms with E-state index in [0.717, 1.165) is 11.4 Å². The molecule has 2 unspecified atom stereocenters.